The van der Waals surface area contributed by atoms with E-state index >= 15 is 0 Å². The fourth-order valence-electron chi connectivity index (χ4n) is 2.43. The molecule has 3 rings (SSSR count). The van der Waals surface area contributed by atoms with Crippen molar-refractivity contribution in [1.29, 1.82) is 0 Å². The summed E-state index contributed by atoms with van der Waals surface area (Å²) in [4.78, 5) is 16.3. The molecular weight excluding hydrogens is 311 g/mol. The monoisotopic (exact) mass is 326 g/mol. The first-order chi connectivity index (χ1) is 11.5. The van der Waals surface area contributed by atoms with Crippen molar-refractivity contribution in [2.45, 2.75) is 6.42 Å². The van der Waals surface area contributed by atoms with Gasteiger partial charge in [0.05, 0.1) is 12.1 Å². The maximum atomic E-state index is 13.2. The summed E-state index contributed by atoms with van der Waals surface area (Å²) >= 11 is 0. The van der Waals surface area contributed by atoms with E-state index in [0.717, 1.165) is 0 Å². The van der Waals surface area contributed by atoms with Crippen LogP contribution in [0.4, 0.5) is 10.1 Å². The number of para-hydroxylation sites is 1. The van der Waals surface area contributed by atoms with Crippen LogP contribution >= 0.6 is 0 Å². The van der Waals surface area contributed by atoms with Gasteiger partial charge in [-0.2, -0.15) is 0 Å². The number of amides is 1. The molecule has 4 N–H and O–H groups in total. The first-order valence-electron chi connectivity index (χ1n) is 7.15. The number of nitrogens with one attached hydrogen (secondary N) is 1. The van der Waals surface area contributed by atoms with Crippen molar-refractivity contribution in [3.05, 3.63) is 66.0 Å². The highest BCUT2D eigenvalue weighted by Gasteiger charge is 2.25. The van der Waals surface area contributed by atoms with Gasteiger partial charge in [0, 0.05) is 5.56 Å². The van der Waals surface area contributed by atoms with Gasteiger partial charge >= 0.3 is 0 Å². The minimum Gasteiger partial charge on any atom is -0.506 e. The molecule has 0 fully saturated rings. The molecule has 1 aliphatic heterocycles. The molecule has 0 bridgehead atoms. The lowest BCUT2D eigenvalue weighted by Crippen LogP contribution is -2.49. The lowest BCUT2D eigenvalue weighted by molar-refractivity contribution is -0.122. The van der Waals surface area contributed by atoms with Gasteiger partial charge < -0.3 is 10.8 Å². The van der Waals surface area contributed by atoms with Crippen molar-refractivity contribution in [1.82, 2.24) is 10.4 Å². The second-order valence-electron chi connectivity index (χ2n) is 5.27. The first-order valence-corrected chi connectivity index (χ1v) is 7.15. The van der Waals surface area contributed by atoms with Crippen LogP contribution in [0.15, 0.2) is 54.0 Å². The third kappa shape index (κ3) is 2.91. The highest BCUT2D eigenvalue weighted by molar-refractivity contribution is 5.98. The average molecular weight is 326 g/mol. The van der Waals surface area contributed by atoms with Gasteiger partial charge in [-0.15, -0.1) is 0 Å². The number of phenols is 1. The molecule has 1 aliphatic rings. The third-order valence-electron chi connectivity index (χ3n) is 3.54. The van der Waals surface area contributed by atoms with Crippen LogP contribution < -0.4 is 11.2 Å². The molecule has 0 spiro atoms. The third-order valence-corrected chi connectivity index (χ3v) is 3.54. The number of aromatic hydroxyl groups is 1. The summed E-state index contributed by atoms with van der Waals surface area (Å²) in [5, 5.41) is 11.1. The van der Waals surface area contributed by atoms with Crippen molar-refractivity contribution in [3.8, 4) is 5.75 Å². The Morgan fingerprint density at radius 3 is 2.83 bits per heavy atom. The van der Waals surface area contributed by atoms with Crippen LogP contribution in [0.5, 0.6) is 5.75 Å². The van der Waals surface area contributed by atoms with E-state index < -0.39 is 11.7 Å². The summed E-state index contributed by atoms with van der Waals surface area (Å²) in [6, 6.07) is 10.6. The van der Waals surface area contributed by atoms with Crippen molar-refractivity contribution in [2.75, 3.05) is 0 Å². The fourth-order valence-corrected chi connectivity index (χ4v) is 2.43. The van der Waals surface area contributed by atoms with E-state index in [0.29, 0.717) is 22.5 Å². The highest BCUT2D eigenvalue weighted by atomic mass is 19.1. The molecule has 0 saturated heterocycles. The van der Waals surface area contributed by atoms with E-state index in [9.17, 15) is 14.3 Å². The molecule has 0 radical (unpaired) electrons. The number of nitrogens with zero attached hydrogens (tertiary/aromatic N) is 2. The molecule has 0 aromatic heterocycles. The number of rotatable bonds is 3. The second-order valence-corrected chi connectivity index (χ2v) is 5.27. The Kier molecular flexibility index (Phi) is 3.91. The predicted octanol–water partition coefficient (Wildman–Crippen LogP) is 2.04. The number of hydrogen-bond donors (Lipinski definition) is 3. The van der Waals surface area contributed by atoms with E-state index in [1.54, 1.807) is 18.2 Å². The Morgan fingerprint density at radius 2 is 2.08 bits per heavy atom. The van der Waals surface area contributed by atoms with E-state index in [1.165, 1.54) is 29.3 Å². The quantitative estimate of drug-likeness (QED) is 0.805. The summed E-state index contributed by atoms with van der Waals surface area (Å²) in [6.45, 7) is 3.88. The van der Waals surface area contributed by atoms with Crippen LogP contribution in [0.25, 0.3) is 5.70 Å². The molecule has 6 nitrogen and oxygen atoms in total. The second kappa shape index (κ2) is 6.04. The van der Waals surface area contributed by atoms with Gasteiger partial charge in [0.25, 0.3) is 0 Å². The van der Waals surface area contributed by atoms with Crippen molar-refractivity contribution >= 4 is 23.3 Å². The molecule has 1 amide bonds. The van der Waals surface area contributed by atoms with Crippen LogP contribution in [0.1, 0.15) is 11.1 Å². The zero-order chi connectivity index (χ0) is 17.3. The first kappa shape index (κ1) is 15.5. The molecule has 0 unspecified atom stereocenters. The molecule has 0 aliphatic carbocycles. The van der Waals surface area contributed by atoms with Crippen LogP contribution in [-0.2, 0) is 11.2 Å². The Labute approximate surface area is 137 Å². The van der Waals surface area contributed by atoms with Crippen molar-refractivity contribution < 1.29 is 14.3 Å². The number of fused-ring (bicyclic) bond motifs is 1. The van der Waals surface area contributed by atoms with Gasteiger partial charge in [-0.05, 0) is 23.8 Å². The van der Waals surface area contributed by atoms with Gasteiger partial charge in [-0.25, -0.2) is 14.4 Å². The number of carbonyl (C=O) groups is 1. The van der Waals surface area contributed by atoms with Crippen molar-refractivity contribution in [3.63, 3.8) is 0 Å². The largest absolute Gasteiger partial charge is 0.506 e. The highest BCUT2D eigenvalue weighted by Crippen LogP contribution is 2.37. The van der Waals surface area contributed by atoms with Gasteiger partial charge in [-0.3, -0.25) is 10.2 Å². The van der Waals surface area contributed by atoms with E-state index in [2.05, 4.69) is 17.0 Å². The van der Waals surface area contributed by atoms with Crippen LogP contribution in [-0.4, -0.2) is 22.0 Å². The topological polar surface area (TPSA) is 90.9 Å². The molecule has 122 valence electrons. The minimum absolute atomic E-state index is 0.0256. The van der Waals surface area contributed by atoms with Gasteiger partial charge in [0.1, 0.15) is 17.3 Å². The number of phenolic OH excluding ortho intramolecular Hbond substituents is 1. The van der Waals surface area contributed by atoms with Gasteiger partial charge in [0.2, 0.25) is 11.9 Å². The smallest absolute Gasteiger partial charge is 0.243 e. The molecule has 1 heterocycles. The Hall–Kier alpha value is -3.35. The number of benzene rings is 2. The molecule has 7 heteroatoms. The predicted molar refractivity (Wildman–Crippen MR) is 88.5 cm³/mol. The number of nitrogens with two attached hydrogens (primary N) is 1. The Balaban J connectivity index is 1.79. The van der Waals surface area contributed by atoms with Gasteiger partial charge in [0.15, 0.2) is 0 Å². The molecule has 2 aromatic carbocycles. The van der Waals surface area contributed by atoms with Crippen LogP contribution in [0, 0.1) is 5.82 Å². The van der Waals surface area contributed by atoms with Gasteiger partial charge in [-0.1, -0.05) is 30.8 Å². The maximum Gasteiger partial charge on any atom is 0.243 e. The Bertz CT molecular complexity index is 863. The molecule has 24 heavy (non-hydrogen) atoms. The zero-order valence-corrected chi connectivity index (χ0v) is 12.7. The van der Waals surface area contributed by atoms with E-state index in [4.69, 9.17) is 5.73 Å². The standard InChI is InChI=1S/C17H15FN4O2/c1-10-13-6-3-7-14(23)16(13)20-17(19)22(10)21-15(24)9-11-4-2-5-12(18)8-11/h2-8,23H,1,9H2,(H2,19,20)(H,21,24). The zero-order valence-electron chi connectivity index (χ0n) is 12.7. The Morgan fingerprint density at radius 1 is 1.33 bits per heavy atom. The number of guanidine groups is 1. The van der Waals surface area contributed by atoms with E-state index in [1.807, 2.05) is 0 Å². The fraction of sp³-hybridized carbons (Fsp3) is 0.0588. The SMILES string of the molecule is C=C1c2cccc(O)c2N=C(N)N1NC(=O)Cc1cccc(F)c1. The summed E-state index contributed by atoms with van der Waals surface area (Å²) < 4.78 is 13.2. The molecule has 2 aromatic rings. The number of halogens is 1. The number of hydrazine groups is 1. The van der Waals surface area contributed by atoms with Crippen LogP contribution in [0.3, 0.4) is 0 Å². The summed E-state index contributed by atoms with van der Waals surface area (Å²) in [5.74, 6) is -0.861. The minimum atomic E-state index is -0.409. The summed E-state index contributed by atoms with van der Waals surface area (Å²) in [7, 11) is 0. The number of aliphatic imine (C=N–C) groups is 1. The summed E-state index contributed by atoms with van der Waals surface area (Å²) in [5.41, 5.74) is 10.2. The lowest BCUT2D eigenvalue weighted by Gasteiger charge is -2.30. The number of carbonyl (C=O) groups excluding carboxylic acids is 1. The average Bonchev–Trinajstić information content (AvgIpc) is 2.52. The maximum absolute atomic E-state index is 13.2. The lowest BCUT2D eigenvalue weighted by atomic mass is 10.1. The summed E-state index contributed by atoms with van der Waals surface area (Å²) in [6.07, 6.45) is -0.0261. The molecule has 0 atom stereocenters. The normalized spacial score (nSPS) is 13.3. The van der Waals surface area contributed by atoms with Crippen LogP contribution in [0.2, 0.25) is 0 Å². The molecule has 0 saturated carbocycles. The van der Waals surface area contributed by atoms with Crippen molar-refractivity contribution in [2.24, 2.45) is 10.7 Å². The molecular formula is C17H15FN4O2. The number of hydrogen-bond acceptors (Lipinski definition) is 5. The van der Waals surface area contributed by atoms with E-state index in [-0.39, 0.29) is 18.1 Å².